The molecule has 1 aliphatic heterocycles. The Morgan fingerprint density at radius 3 is 2.07 bits per heavy atom. The average Bonchev–Trinajstić information content (AvgIpc) is 2.71. The predicted molar refractivity (Wildman–Crippen MR) is 114 cm³/mol. The predicted octanol–water partition coefficient (Wildman–Crippen LogP) is 4.11. The number of anilines is 2. The number of carbonyl (C=O) groups excluding carboxylic acids is 1. The molecule has 0 unspecified atom stereocenters. The molecule has 4 nitrogen and oxygen atoms in total. The van der Waals surface area contributed by atoms with E-state index in [1.165, 1.54) is 22.5 Å². The fourth-order valence-electron chi connectivity index (χ4n) is 3.69. The normalized spacial score (nSPS) is 14.4. The highest BCUT2D eigenvalue weighted by Gasteiger charge is 2.22. The van der Waals surface area contributed by atoms with Crippen LogP contribution in [0.25, 0.3) is 0 Å². The largest absolute Gasteiger partial charge is 0.372 e. The molecule has 1 aliphatic rings. The molecule has 0 bridgehead atoms. The van der Waals surface area contributed by atoms with E-state index in [1.54, 1.807) is 0 Å². The molecule has 3 rings (SSSR count). The molecule has 2 aromatic carbocycles. The van der Waals surface area contributed by atoms with Crippen molar-refractivity contribution in [1.29, 1.82) is 0 Å². The van der Waals surface area contributed by atoms with Gasteiger partial charge in [0.05, 0.1) is 0 Å². The second-order valence-corrected chi connectivity index (χ2v) is 7.27. The van der Waals surface area contributed by atoms with Gasteiger partial charge >= 0.3 is 0 Å². The number of hydrogen-bond acceptors (Lipinski definition) is 3. The molecule has 0 radical (unpaired) electrons. The Morgan fingerprint density at radius 2 is 1.52 bits per heavy atom. The van der Waals surface area contributed by atoms with Gasteiger partial charge in [-0.05, 0) is 75.2 Å². The number of rotatable bonds is 5. The van der Waals surface area contributed by atoms with Crippen LogP contribution in [0, 0.1) is 13.8 Å². The molecule has 2 aromatic rings. The fraction of sp³-hybridized carbons (Fsp3) is 0.435. The number of benzene rings is 2. The van der Waals surface area contributed by atoms with Crippen LogP contribution in [0.5, 0.6) is 0 Å². The van der Waals surface area contributed by atoms with E-state index in [0.717, 1.165) is 44.8 Å². The second kappa shape index (κ2) is 8.47. The standard InChI is InChI=1S/C23H31N3O/c1-5-24(6-2)21-9-11-22(12-10-21)25-13-15-26(16-14-25)23(27)20-8-7-18(3)19(4)17-20/h7-12,17H,5-6,13-16H2,1-4H3. The first-order valence-electron chi connectivity index (χ1n) is 10.00. The van der Waals surface area contributed by atoms with Crippen LogP contribution in [0.1, 0.15) is 35.3 Å². The van der Waals surface area contributed by atoms with Crippen molar-refractivity contribution in [3.63, 3.8) is 0 Å². The number of amides is 1. The third-order valence-electron chi connectivity index (χ3n) is 5.66. The molecule has 144 valence electrons. The van der Waals surface area contributed by atoms with Crippen LogP contribution in [-0.2, 0) is 0 Å². The van der Waals surface area contributed by atoms with Crippen molar-refractivity contribution in [1.82, 2.24) is 4.90 Å². The van der Waals surface area contributed by atoms with Gasteiger partial charge in [-0.2, -0.15) is 0 Å². The average molecular weight is 366 g/mol. The Labute approximate surface area is 163 Å². The molecule has 1 fully saturated rings. The van der Waals surface area contributed by atoms with Crippen molar-refractivity contribution < 1.29 is 4.79 Å². The van der Waals surface area contributed by atoms with Crippen LogP contribution < -0.4 is 9.80 Å². The monoisotopic (exact) mass is 365 g/mol. The smallest absolute Gasteiger partial charge is 0.253 e. The number of piperazine rings is 1. The summed E-state index contributed by atoms with van der Waals surface area (Å²) in [6, 6.07) is 14.8. The molecule has 27 heavy (non-hydrogen) atoms. The molecule has 0 spiro atoms. The maximum absolute atomic E-state index is 12.8. The van der Waals surface area contributed by atoms with E-state index in [9.17, 15) is 4.79 Å². The van der Waals surface area contributed by atoms with Crippen LogP contribution in [0.3, 0.4) is 0 Å². The number of hydrogen-bond donors (Lipinski definition) is 0. The fourth-order valence-corrected chi connectivity index (χ4v) is 3.69. The Hall–Kier alpha value is -2.49. The summed E-state index contributed by atoms with van der Waals surface area (Å²) >= 11 is 0. The van der Waals surface area contributed by atoms with E-state index >= 15 is 0 Å². The van der Waals surface area contributed by atoms with Gasteiger partial charge in [-0.25, -0.2) is 0 Å². The lowest BCUT2D eigenvalue weighted by Crippen LogP contribution is -2.48. The van der Waals surface area contributed by atoms with Gasteiger partial charge < -0.3 is 14.7 Å². The molecule has 1 saturated heterocycles. The van der Waals surface area contributed by atoms with Crippen molar-refractivity contribution in [3.05, 3.63) is 59.2 Å². The van der Waals surface area contributed by atoms with E-state index in [4.69, 9.17) is 0 Å². The first-order valence-corrected chi connectivity index (χ1v) is 10.00. The van der Waals surface area contributed by atoms with Gasteiger partial charge in [0.2, 0.25) is 0 Å². The zero-order chi connectivity index (χ0) is 19.4. The third-order valence-corrected chi connectivity index (χ3v) is 5.66. The van der Waals surface area contributed by atoms with E-state index < -0.39 is 0 Å². The third kappa shape index (κ3) is 4.26. The Morgan fingerprint density at radius 1 is 0.889 bits per heavy atom. The molecule has 1 amide bonds. The summed E-state index contributed by atoms with van der Waals surface area (Å²) in [4.78, 5) is 19.5. The summed E-state index contributed by atoms with van der Waals surface area (Å²) in [6.07, 6.45) is 0. The van der Waals surface area contributed by atoms with Crippen LogP contribution >= 0.6 is 0 Å². The zero-order valence-corrected chi connectivity index (χ0v) is 17.0. The molecule has 0 aliphatic carbocycles. The van der Waals surface area contributed by atoms with E-state index in [-0.39, 0.29) is 5.91 Å². The lowest BCUT2D eigenvalue weighted by molar-refractivity contribution is 0.0746. The molecule has 0 aromatic heterocycles. The molecule has 0 N–H and O–H groups in total. The highest BCUT2D eigenvalue weighted by Crippen LogP contribution is 2.22. The summed E-state index contributed by atoms with van der Waals surface area (Å²) in [5, 5.41) is 0. The molecule has 1 heterocycles. The minimum atomic E-state index is 0.148. The van der Waals surface area contributed by atoms with Gasteiger partial charge in [0.25, 0.3) is 5.91 Å². The summed E-state index contributed by atoms with van der Waals surface area (Å²) in [5.41, 5.74) is 5.71. The van der Waals surface area contributed by atoms with Gasteiger partial charge in [-0.1, -0.05) is 6.07 Å². The van der Waals surface area contributed by atoms with Gasteiger partial charge in [0, 0.05) is 56.2 Å². The van der Waals surface area contributed by atoms with Gasteiger partial charge in [0.1, 0.15) is 0 Å². The molecule has 4 heteroatoms. The maximum Gasteiger partial charge on any atom is 0.253 e. The summed E-state index contributed by atoms with van der Waals surface area (Å²) in [6.45, 7) is 13.8. The Kier molecular flexibility index (Phi) is 6.04. The van der Waals surface area contributed by atoms with Crippen LogP contribution in [0.15, 0.2) is 42.5 Å². The van der Waals surface area contributed by atoms with Crippen LogP contribution in [0.2, 0.25) is 0 Å². The quantitative estimate of drug-likeness (QED) is 0.798. The zero-order valence-electron chi connectivity index (χ0n) is 17.0. The van der Waals surface area contributed by atoms with Gasteiger partial charge in [-0.15, -0.1) is 0 Å². The first-order chi connectivity index (χ1) is 13.0. The SMILES string of the molecule is CCN(CC)c1ccc(N2CCN(C(=O)c3ccc(C)c(C)c3)CC2)cc1. The van der Waals surface area contributed by atoms with E-state index in [0.29, 0.717) is 0 Å². The molecular formula is C23H31N3O. The lowest BCUT2D eigenvalue weighted by atomic mass is 10.1. The second-order valence-electron chi connectivity index (χ2n) is 7.27. The highest BCUT2D eigenvalue weighted by atomic mass is 16.2. The number of carbonyl (C=O) groups is 1. The summed E-state index contributed by atoms with van der Waals surface area (Å²) in [5.74, 6) is 0.148. The van der Waals surface area contributed by atoms with Crippen LogP contribution in [0.4, 0.5) is 11.4 Å². The van der Waals surface area contributed by atoms with Crippen molar-refractivity contribution in [2.24, 2.45) is 0 Å². The Bertz CT molecular complexity index is 773. The van der Waals surface area contributed by atoms with Crippen LogP contribution in [-0.4, -0.2) is 50.1 Å². The van der Waals surface area contributed by atoms with E-state index in [2.05, 4.69) is 61.8 Å². The molecular weight excluding hydrogens is 334 g/mol. The number of nitrogens with zero attached hydrogens (tertiary/aromatic N) is 3. The number of aryl methyl sites for hydroxylation is 2. The Balaban J connectivity index is 1.61. The maximum atomic E-state index is 12.8. The summed E-state index contributed by atoms with van der Waals surface area (Å²) < 4.78 is 0. The molecule has 0 atom stereocenters. The minimum Gasteiger partial charge on any atom is -0.372 e. The van der Waals surface area contributed by atoms with E-state index in [1.807, 2.05) is 23.1 Å². The van der Waals surface area contributed by atoms with Crippen molar-refractivity contribution in [2.45, 2.75) is 27.7 Å². The van der Waals surface area contributed by atoms with Crippen molar-refractivity contribution in [3.8, 4) is 0 Å². The van der Waals surface area contributed by atoms with Gasteiger partial charge in [-0.3, -0.25) is 4.79 Å². The summed E-state index contributed by atoms with van der Waals surface area (Å²) in [7, 11) is 0. The van der Waals surface area contributed by atoms with Gasteiger partial charge in [0.15, 0.2) is 0 Å². The van der Waals surface area contributed by atoms with Crippen molar-refractivity contribution in [2.75, 3.05) is 49.1 Å². The highest BCUT2D eigenvalue weighted by molar-refractivity contribution is 5.94. The first kappa shape index (κ1) is 19.3. The minimum absolute atomic E-state index is 0.148. The molecule has 0 saturated carbocycles. The van der Waals surface area contributed by atoms with Crippen molar-refractivity contribution >= 4 is 17.3 Å². The topological polar surface area (TPSA) is 26.8 Å². The lowest BCUT2D eigenvalue weighted by Gasteiger charge is -2.36.